The van der Waals surface area contributed by atoms with Gasteiger partial charge in [-0.05, 0) is 37.8 Å². The molecule has 1 heterocycles. The van der Waals surface area contributed by atoms with E-state index in [0.717, 1.165) is 31.6 Å². The number of ether oxygens (including phenoxy) is 1. The number of rotatable bonds is 7. The highest BCUT2D eigenvalue weighted by molar-refractivity contribution is 5.77. The molecule has 1 N–H and O–H groups in total. The SMILES string of the molecule is O=C(O)CC[C@H]1CCCCN1C(=O)CCOc1ccccc1. The highest BCUT2D eigenvalue weighted by Gasteiger charge is 2.26. The number of carboxylic acids is 1. The van der Waals surface area contributed by atoms with E-state index in [0.29, 0.717) is 19.4 Å². The van der Waals surface area contributed by atoms with Gasteiger partial charge in [-0.3, -0.25) is 9.59 Å². The molecule has 1 aromatic rings. The van der Waals surface area contributed by atoms with E-state index in [1.807, 2.05) is 35.2 Å². The molecule has 1 amide bonds. The summed E-state index contributed by atoms with van der Waals surface area (Å²) in [4.78, 5) is 24.9. The molecule has 1 fully saturated rings. The van der Waals surface area contributed by atoms with Crippen LogP contribution in [0, 0.1) is 0 Å². The Hall–Kier alpha value is -2.04. The molecule has 0 spiro atoms. The summed E-state index contributed by atoms with van der Waals surface area (Å²) >= 11 is 0. The smallest absolute Gasteiger partial charge is 0.303 e. The van der Waals surface area contributed by atoms with Crippen LogP contribution < -0.4 is 4.74 Å². The monoisotopic (exact) mass is 305 g/mol. The second-order valence-corrected chi connectivity index (χ2v) is 5.58. The fourth-order valence-electron chi connectivity index (χ4n) is 2.84. The lowest BCUT2D eigenvalue weighted by atomic mass is 9.97. The third kappa shape index (κ3) is 5.06. The number of para-hydroxylation sites is 1. The van der Waals surface area contributed by atoms with Crippen molar-refractivity contribution in [3.63, 3.8) is 0 Å². The van der Waals surface area contributed by atoms with Crippen molar-refractivity contribution in [3.05, 3.63) is 30.3 Å². The number of hydrogen-bond acceptors (Lipinski definition) is 3. The number of nitrogens with zero attached hydrogens (tertiary/aromatic N) is 1. The van der Waals surface area contributed by atoms with E-state index in [4.69, 9.17) is 9.84 Å². The van der Waals surface area contributed by atoms with Crippen molar-refractivity contribution in [2.75, 3.05) is 13.2 Å². The standard InChI is InChI=1S/C17H23NO4/c19-16(11-13-22-15-7-2-1-3-8-15)18-12-5-4-6-14(18)9-10-17(20)21/h1-3,7-8,14H,4-6,9-13H2,(H,20,21)/t14-/m1/s1. The Balaban J connectivity index is 1.79. The first kappa shape index (κ1) is 16.3. The van der Waals surface area contributed by atoms with Crippen molar-refractivity contribution in [3.8, 4) is 5.75 Å². The van der Waals surface area contributed by atoms with Crippen LogP contribution >= 0.6 is 0 Å². The quantitative estimate of drug-likeness (QED) is 0.841. The van der Waals surface area contributed by atoms with Gasteiger partial charge in [0.15, 0.2) is 0 Å². The molecule has 1 atom stereocenters. The highest BCUT2D eigenvalue weighted by Crippen LogP contribution is 2.22. The van der Waals surface area contributed by atoms with Crippen LogP contribution in [0.4, 0.5) is 0 Å². The molecule has 0 bridgehead atoms. The number of benzene rings is 1. The number of carbonyl (C=O) groups is 2. The number of aliphatic carboxylic acids is 1. The lowest BCUT2D eigenvalue weighted by Crippen LogP contribution is -2.44. The van der Waals surface area contributed by atoms with Gasteiger partial charge in [0.2, 0.25) is 5.91 Å². The van der Waals surface area contributed by atoms with Gasteiger partial charge in [-0.25, -0.2) is 0 Å². The molecule has 120 valence electrons. The van der Waals surface area contributed by atoms with Crippen molar-refractivity contribution in [2.45, 2.75) is 44.6 Å². The molecular formula is C17H23NO4. The zero-order valence-corrected chi connectivity index (χ0v) is 12.7. The van der Waals surface area contributed by atoms with E-state index in [9.17, 15) is 9.59 Å². The molecule has 2 rings (SSSR count). The van der Waals surface area contributed by atoms with Crippen LogP contribution in [-0.2, 0) is 9.59 Å². The average Bonchev–Trinajstić information content (AvgIpc) is 2.54. The van der Waals surface area contributed by atoms with Crippen LogP contribution in [-0.4, -0.2) is 41.1 Å². The molecule has 1 aliphatic heterocycles. The van der Waals surface area contributed by atoms with Crippen LogP contribution in [0.25, 0.3) is 0 Å². The maximum Gasteiger partial charge on any atom is 0.303 e. The van der Waals surface area contributed by atoms with Gasteiger partial charge >= 0.3 is 5.97 Å². The summed E-state index contributed by atoms with van der Waals surface area (Å²) in [6, 6.07) is 9.49. The lowest BCUT2D eigenvalue weighted by Gasteiger charge is -2.35. The van der Waals surface area contributed by atoms with Gasteiger partial charge in [0.25, 0.3) is 0 Å². The highest BCUT2D eigenvalue weighted by atomic mass is 16.5. The number of hydrogen-bond donors (Lipinski definition) is 1. The second-order valence-electron chi connectivity index (χ2n) is 5.58. The Morgan fingerprint density at radius 1 is 1.18 bits per heavy atom. The molecule has 1 saturated heterocycles. The van der Waals surface area contributed by atoms with Gasteiger partial charge in [-0.15, -0.1) is 0 Å². The Morgan fingerprint density at radius 3 is 2.68 bits per heavy atom. The van der Waals surface area contributed by atoms with Crippen LogP contribution in [0.3, 0.4) is 0 Å². The van der Waals surface area contributed by atoms with Crippen LogP contribution in [0.5, 0.6) is 5.75 Å². The van der Waals surface area contributed by atoms with Crippen molar-refractivity contribution < 1.29 is 19.4 Å². The molecule has 0 aromatic heterocycles. The number of likely N-dealkylation sites (tertiary alicyclic amines) is 1. The van der Waals surface area contributed by atoms with E-state index < -0.39 is 5.97 Å². The van der Waals surface area contributed by atoms with Crippen LogP contribution in [0.15, 0.2) is 30.3 Å². The van der Waals surface area contributed by atoms with Gasteiger partial charge in [0, 0.05) is 19.0 Å². The summed E-state index contributed by atoms with van der Waals surface area (Å²) in [6.45, 7) is 1.08. The third-order valence-electron chi connectivity index (χ3n) is 3.97. The van der Waals surface area contributed by atoms with E-state index in [1.54, 1.807) is 0 Å². The molecule has 5 heteroatoms. The molecule has 1 aromatic carbocycles. The average molecular weight is 305 g/mol. The fraction of sp³-hybridized carbons (Fsp3) is 0.529. The Morgan fingerprint density at radius 2 is 1.95 bits per heavy atom. The normalized spacial score (nSPS) is 18.0. The fourth-order valence-corrected chi connectivity index (χ4v) is 2.84. The molecule has 22 heavy (non-hydrogen) atoms. The molecule has 0 radical (unpaired) electrons. The van der Waals surface area contributed by atoms with Crippen molar-refractivity contribution in [1.82, 2.24) is 4.90 Å². The maximum atomic E-state index is 12.3. The predicted molar refractivity (Wildman–Crippen MR) is 82.8 cm³/mol. The molecule has 0 aliphatic carbocycles. The first-order chi connectivity index (χ1) is 10.7. The summed E-state index contributed by atoms with van der Waals surface area (Å²) in [5.41, 5.74) is 0. The minimum Gasteiger partial charge on any atom is -0.493 e. The summed E-state index contributed by atoms with van der Waals surface area (Å²) < 4.78 is 5.56. The van der Waals surface area contributed by atoms with Gasteiger partial charge in [0.1, 0.15) is 5.75 Å². The van der Waals surface area contributed by atoms with Crippen molar-refractivity contribution >= 4 is 11.9 Å². The van der Waals surface area contributed by atoms with Gasteiger partial charge in [-0.2, -0.15) is 0 Å². The van der Waals surface area contributed by atoms with Crippen molar-refractivity contribution in [1.29, 1.82) is 0 Å². The minimum atomic E-state index is -0.801. The number of carbonyl (C=O) groups excluding carboxylic acids is 1. The van der Waals surface area contributed by atoms with Gasteiger partial charge in [-0.1, -0.05) is 18.2 Å². The van der Waals surface area contributed by atoms with E-state index in [2.05, 4.69) is 0 Å². The molecular weight excluding hydrogens is 282 g/mol. The Bertz CT molecular complexity index is 489. The van der Waals surface area contributed by atoms with Gasteiger partial charge in [0.05, 0.1) is 13.0 Å². The van der Waals surface area contributed by atoms with E-state index >= 15 is 0 Å². The lowest BCUT2D eigenvalue weighted by molar-refractivity contribution is -0.140. The molecule has 1 aliphatic rings. The molecule has 5 nitrogen and oxygen atoms in total. The third-order valence-corrected chi connectivity index (χ3v) is 3.97. The predicted octanol–water partition coefficient (Wildman–Crippen LogP) is 2.70. The first-order valence-electron chi connectivity index (χ1n) is 7.86. The summed E-state index contributed by atoms with van der Waals surface area (Å²) in [5.74, 6) is 0.0211. The molecule has 0 unspecified atom stereocenters. The first-order valence-corrected chi connectivity index (χ1v) is 7.86. The largest absolute Gasteiger partial charge is 0.493 e. The number of piperidine rings is 1. The van der Waals surface area contributed by atoms with Crippen LogP contribution in [0.2, 0.25) is 0 Å². The van der Waals surface area contributed by atoms with Crippen LogP contribution in [0.1, 0.15) is 38.5 Å². The van der Waals surface area contributed by atoms with Gasteiger partial charge < -0.3 is 14.7 Å². The van der Waals surface area contributed by atoms with E-state index in [1.165, 1.54) is 0 Å². The topological polar surface area (TPSA) is 66.8 Å². The zero-order chi connectivity index (χ0) is 15.8. The Labute approximate surface area is 130 Å². The Kier molecular flexibility index (Phi) is 6.25. The zero-order valence-electron chi connectivity index (χ0n) is 12.7. The minimum absolute atomic E-state index is 0.0611. The summed E-state index contributed by atoms with van der Waals surface area (Å²) in [5, 5.41) is 8.81. The van der Waals surface area contributed by atoms with E-state index in [-0.39, 0.29) is 18.4 Å². The van der Waals surface area contributed by atoms with Crippen molar-refractivity contribution in [2.24, 2.45) is 0 Å². The number of amides is 1. The number of carboxylic acid groups (broad SMARTS) is 1. The second kappa shape index (κ2) is 8.41. The summed E-state index contributed by atoms with van der Waals surface area (Å²) in [7, 11) is 0. The molecule has 0 saturated carbocycles. The maximum absolute atomic E-state index is 12.3. The summed E-state index contributed by atoms with van der Waals surface area (Å²) in [6.07, 6.45) is 3.95.